The number of amides is 2. The highest BCUT2D eigenvalue weighted by Gasteiger charge is 2.25. The molecule has 1 atom stereocenters. The summed E-state index contributed by atoms with van der Waals surface area (Å²) >= 11 is 0. The van der Waals surface area contributed by atoms with Crippen LogP contribution in [0.2, 0.25) is 0 Å². The molecule has 2 rings (SSSR count). The molecule has 0 aliphatic heterocycles. The minimum atomic E-state index is -0.495. The third-order valence-corrected chi connectivity index (χ3v) is 5.03. The number of benzene rings is 2. The van der Waals surface area contributed by atoms with Gasteiger partial charge in [0.1, 0.15) is 11.8 Å². The van der Waals surface area contributed by atoms with Crippen molar-refractivity contribution in [1.82, 2.24) is 10.2 Å². The Bertz CT molecular complexity index is 775. The van der Waals surface area contributed by atoms with Crippen molar-refractivity contribution in [2.75, 3.05) is 19.7 Å². The van der Waals surface area contributed by atoms with Crippen molar-refractivity contribution in [3.05, 3.63) is 65.7 Å². The molecule has 0 fully saturated rings. The maximum absolute atomic E-state index is 12.9. The summed E-state index contributed by atoms with van der Waals surface area (Å²) in [6.07, 6.45) is 2.55. The lowest BCUT2D eigenvalue weighted by Crippen LogP contribution is -2.49. The lowest BCUT2D eigenvalue weighted by Gasteiger charge is -2.29. The molecule has 0 heterocycles. The van der Waals surface area contributed by atoms with Gasteiger partial charge < -0.3 is 15.0 Å². The van der Waals surface area contributed by atoms with Gasteiger partial charge in [0.05, 0.1) is 6.61 Å². The molecule has 0 spiro atoms. The summed E-state index contributed by atoms with van der Waals surface area (Å²) in [5.74, 6) is 0.688. The van der Waals surface area contributed by atoms with E-state index in [1.807, 2.05) is 68.4 Å². The van der Waals surface area contributed by atoms with Crippen molar-refractivity contribution in [2.45, 2.75) is 52.5 Å². The van der Waals surface area contributed by atoms with Crippen LogP contribution in [0.25, 0.3) is 0 Å². The summed E-state index contributed by atoms with van der Waals surface area (Å²) in [4.78, 5) is 27.1. The van der Waals surface area contributed by atoms with Crippen molar-refractivity contribution in [1.29, 1.82) is 0 Å². The third-order valence-electron chi connectivity index (χ3n) is 5.03. The minimum Gasteiger partial charge on any atom is -0.494 e. The number of hydrogen-bond acceptors (Lipinski definition) is 3. The number of nitrogens with zero attached hydrogens (tertiary/aromatic N) is 1. The van der Waals surface area contributed by atoms with Gasteiger partial charge in [0, 0.05) is 19.5 Å². The number of carbonyl (C=O) groups is 2. The molecule has 5 nitrogen and oxygen atoms in total. The molecule has 2 amide bonds. The number of hydrogen-bond donors (Lipinski definition) is 1. The molecule has 0 radical (unpaired) electrons. The van der Waals surface area contributed by atoms with Gasteiger partial charge >= 0.3 is 0 Å². The zero-order chi connectivity index (χ0) is 21.8. The third kappa shape index (κ3) is 7.90. The van der Waals surface area contributed by atoms with Gasteiger partial charge in [0.25, 0.3) is 0 Å². The second kappa shape index (κ2) is 12.7. The van der Waals surface area contributed by atoms with Crippen molar-refractivity contribution in [2.24, 2.45) is 0 Å². The zero-order valence-electron chi connectivity index (χ0n) is 18.4. The Morgan fingerprint density at radius 3 is 2.43 bits per heavy atom. The Morgan fingerprint density at radius 2 is 1.77 bits per heavy atom. The van der Waals surface area contributed by atoms with Crippen LogP contribution in [0.3, 0.4) is 0 Å². The highest BCUT2D eigenvalue weighted by atomic mass is 16.5. The second-order valence-corrected chi connectivity index (χ2v) is 7.55. The smallest absolute Gasteiger partial charge is 0.242 e. The van der Waals surface area contributed by atoms with Crippen LogP contribution in [0.5, 0.6) is 5.75 Å². The molecular weight excluding hydrogens is 376 g/mol. The van der Waals surface area contributed by atoms with Crippen LogP contribution in [-0.2, 0) is 16.0 Å². The van der Waals surface area contributed by atoms with Crippen LogP contribution < -0.4 is 10.1 Å². The first kappa shape index (κ1) is 23.5. The van der Waals surface area contributed by atoms with Gasteiger partial charge in [-0.2, -0.15) is 0 Å². The van der Waals surface area contributed by atoms with E-state index in [0.717, 1.165) is 24.2 Å². The first-order valence-corrected chi connectivity index (χ1v) is 10.8. The summed E-state index contributed by atoms with van der Waals surface area (Å²) in [5, 5.41) is 2.90. The Morgan fingerprint density at radius 1 is 1.07 bits per heavy atom. The summed E-state index contributed by atoms with van der Waals surface area (Å²) < 4.78 is 5.73. The van der Waals surface area contributed by atoms with Gasteiger partial charge in [-0.25, -0.2) is 0 Å². The van der Waals surface area contributed by atoms with E-state index >= 15 is 0 Å². The van der Waals surface area contributed by atoms with E-state index in [2.05, 4.69) is 5.32 Å². The molecule has 0 bridgehead atoms. The molecule has 30 heavy (non-hydrogen) atoms. The largest absolute Gasteiger partial charge is 0.494 e. The summed E-state index contributed by atoms with van der Waals surface area (Å²) in [6.45, 7) is 7.45. The standard InChI is InChI=1S/C25H34N2O3/c1-4-17-26-25(29)21(3)27(18-16-22-9-6-5-7-10-22)24(28)11-8-19-30-23-14-12-20(2)13-15-23/h5-7,9-10,12-15,21H,4,8,11,16-19H2,1-3H3,(H,26,29)/t21-/m1/s1. The van der Waals surface area contributed by atoms with E-state index in [1.165, 1.54) is 5.56 Å². The van der Waals surface area contributed by atoms with Gasteiger partial charge in [-0.1, -0.05) is 55.0 Å². The van der Waals surface area contributed by atoms with E-state index in [0.29, 0.717) is 32.5 Å². The maximum Gasteiger partial charge on any atom is 0.242 e. The normalized spacial score (nSPS) is 11.6. The Balaban J connectivity index is 1.90. The Kier molecular flexibility index (Phi) is 9.92. The summed E-state index contributed by atoms with van der Waals surface area (Å²) in [5.41, 5.74) is 2.33. The molecule has 0 aromatic heterocycles. The number of rotatable bonds is 12. The molecule has 0 saturated carbocycles. The summed E-state index contributed by atoms with van der Waals surface area (Å²) in [6, 6.07) is 17.4. The topological polar surface area (TPSA) is 58.6 Å². The van der Waals surface area contributed by atoms with Crippen LogP contribution >= 0.6 is 0 Å². The average molecular weight is 411 g/mol. The number of carbonyl (C=O) groups excluding carboxylic acids is 2. The fraction of sp³-hybridized carbons (Fsp3) is 0.440. The first-order chi connectivity index (χ1) is 14.5. The Hall–Kier alpha value is -2.82. The van der Waals surface area contributed by atoms with E-state index < -0.39 is 6.04 Å². The molecule has 1 N–H and O–H groups in total. The van der Waals surface area contributed by atoms with Crippen molar-refractivity contribution in [3.63, 3.8) is 0 Å². The number of nitrogens with one attached hydrogen (secondary N) is 1. The van der Waals surface area contributed by atoms with Crippen LogP contribution in [0.15, 0.2) is 54.6 Å². The van der Waals surface area contributed by atoms with E-state index in [4.69, 9.17) is 4.74 Å². The average Bonchev–Trinajstić information content (AvgIpc) is 2.77. The molecule has 2 aromatic rings. The van der Waals surface area contributed by atoms with Gasteiger partial charge in [0.15, 0.2) is 0 Å². The Labute approximate surface area is 180 Å². The fourth-order valence-corrected chi connectivity index (χ4v) is 3.16. The van der Waals surface area contributed by atoms with Gasteiger partial charge in [-0.15, -0.1) is 0 Å². The number of ether oxygens (including phenoxy) is 1. The first-order valence-electron chi connectivity index (χ1n) is 10.8. The van der Waals surface area contributed by atoms with E-state index in [9.17, 15) is 9.59 Å². The lowest BCUT2D eigenvalue weighted by atomic mass is 10.1. The van der Waals surface area contributed by atoms with Gasteiger partial charge in [-0.3, -0.25) is 9.59 Å². The van der Waals surface area contributed by atoms with Crippen molar-refractivity contribution in [3.8, 4) is 5.75 Å². The minimum absolute atomic E-state index is 0.0161. The molecule has 2 aromatic carbocycles. The van der Waals surface area contributed by atoms with Crippen LogP contribution in [0.4, 0.5) is 0 Å². The number of aryl methyl sites for hydroxylation is 1. The molecule has 5 heteroatoms. The van der Waals surface area contributed by atoms with E-state index in [-0.39, 0.29) is 11.8 Å². The highest BCUT2D eigenvalue weighted by molar-refractivity contribution is 5.87. The predicted molar refractivity (Wildman–Crippen MR) is 121 cm³/mol. The molecular formula is C25H34N2O3. The van der Waals surface area contributed by atoms with E-state index in [1.54, 1.807) is 11.8 Å². The van der Waals surface area contributed by atoms with Crippen LogP contribution in [0.1, 0.15) is 44.2 Å². The SMILES string of the molecule is CCCNC(=O)[C@@H](C)N(CCc1ccccc1)C(=O)CCCOc1ccc(C)cc1. The molecule has 0 aliphatic rings. The highest BCUT2D eigenvalue weighted by Crippen LogP contribution is 2.13. The molecule has 0 unspecified atom stereocenters. The zero-order valence-corrected chi connectivity index (χ0v) is 18.4. The quantitative estimate of drug-likeness (QED) is 0.535. The van der Waals surface area contributed by atoms with Crippen LogP contribution in [0, 0.1) is 6.92 Å². The molecule has 0 aliphatic carbocycles. The molecule has 0 saturated heterocycles. The summed E-state index contributed by atoms with van der Waals surface area (Å²) in [7, 11) is 0. The van der Waals surface area contributed by atoms with Gasteiger partial charge in [0.2, 0.25) is 11.8 Å². The van der Waals surface area contributed by atoms with Gasteiger partial charge in [-0.05, 0) is 50.8 Å². The van der Waals surface area contributed by atoms with Crippen LogP contribution in [-0.4, -0.2) is 42.5 Å². The predicted octanol–water partition coefficient (Wildman–Crippen LogP) is 4.14. The maximum atomic E-state index is 12.9. The molecule has 162 valence electrons. The van der Waals surface area contributed by atoms with Crippen molar-refractivity contribution < 1.29 is 14.3 Å². The second-order valence-electron chi connectivity index (χ2n) is 7.55. The fourth-order valence-electron chi connectivity index (χ4n) is 3.16. The van der Waals surface area contributed by atoms with Crippen molar-refractivity contribution >= 4 is 11.8 Å². The lowest BCUT2D eigenvalue weighted by molar-refractivity contribution is -0.140. The monoisotopic (exact) mass is 410 g/mol.